The number of hydrogen-bond donors (Lipinski definition) is 2. The predicted octanol–water partition coefficient (Wildman–Crippen LogP) is 2.50. The number of nitrogens with two attached hydrogens (primary N) is 1. The third-order valence-electron chi connectivity index (χ3n) is 4.36. The predicted molar refractivity (Wildman–Crippen MR) is 111 cm³/mol. The van der Waals surface area contributed by atoms with Gasteiger partial charge in [-0.05, 0) is 30.0 Å². The maximum Gasteiger partial charge on any atom is 0.323 e. The number of carbonyl (C=O) groups is 2. The highest BCUT2D eigenvalue weighted by Gasteiger charge is 2.29. The number of ether oxygens (including phenoxy) is 2. The molecule has 0 aliphatic rings. The van der Waals surface area contributed by atoms with E-state index < -0.39 is 24.0 Å². The van der Waals surface area contributed by atoms with Gasteiger partial charge >= 0.3 is 11.9 Å². The first-order valence-corrected chi connectivity index (χ1v) is 9.64. The number of nitrogen functional groups attached to an aromatic ring is 1. The summed E-state index contributed by atoms with van der Waals surface area (Å²) in [6.07, 6.45) is 2.33. The standard InChI is InChI=1S/C22H29N3O4/c1-15(2)11-19(22(27)29-14-16-7-5-4-6-8-16)25-20(21(26)28-3)12-18-10-9-17(23)13-24-18/h4-10,13,15,19-20,25H,11-12,14,23H2,1-3H3. The second kappa shape index (κ2) is 11.2. The summed E-state index contributed by atoms with van der Waals surface area (Å²) in [4.78, 5) is 29.3. The van der Waals surface area contributed by atoms with Crippen LogP contribution in [0.25, 0.3) is 0 Å². The monoisotopic (exact) mass is 399 g/mol. The third kappa shape index (κ3) is 7.54. The van der Waals surface area contributed by atoms with Crippen molar-refractivity contribution in [3.05, 3.63) is 59.9 Å². The maximum absolute atomic E-state index is 12.7. The Morgan fingerprint density at radius 1 is 1.07 bits per heavy atom. The Labute approximate surface area is 171 Å². The highest BCUT2D eigenvalue weighted by Crippen LogP contribution is 2.12. The Hall–Kier alpha value is -2.93. The molecule has 0 spiro atoms. The van der Waals surface area contributed by atoms with Crippen molar-refractivity contribution in [2.75, 3.05) is 12.8 Å². The first-order valence-electron chi connectivity index (χ1n) is 9.64. The topological polar surface area (TPSA) is 104 Å². The van der Waals surface area contributed by atoms with E-state index in [1.807, 2.05) is 44.2 Å². The molecule has 0 fully saturated rings. The fourth-order valence-electron chi connectivity index (χ4n) is 2.89. The van der Waals surface area contributed by atoms with Gasteiger partial charge in [0.25, 0.3) is 0 Å². The Balaban J connectivity index is 2.09. The molecule has 0 aliphatic heterocycles. The molecule has 1 aromatic heterocycles. The van der Waals surface area contributed by atoms with E-state index >= 15 is 0 Å². The molecule has 0 saturated carbocycles. The molecular weight excluding hydrogens is 370 g/mol. The molecule has 29 heavy (non-hydrogen) atoms. The fourth-order valence-corrected chi connectivity index (χ4v) is 2.89. The van der Waals surface area contributed by atoms with E-state index in [9.17, 15) is 9.59 Å². The minimum Gasteiger partial charge on any atom is -0.468 e. The van der Waals surface area contributed by atoms with Crippen molar-refractivity contribution in [1.82, 2.24) is 10.3 Å². The van der Waals surface area contributed by atoms with Crippen LogP contribution >= 0.6 is 0 Å². The van der Waals surface area contributed by atoms with Crippen LogP contribution in [-0.4, -0.2) is 36.1 Å². The molecule has 0 saturated heterocycles. The average Bonchev–Trinajstić information content (AvgIpc) is 2.72. The van der Waals surface area contributed by atoms with E-state index in [0.717, 1.165) is 5.56 Å². The number of carbonyl (C=O) groups excluding carboxylic acids is 2. The molecular formula is C22H29N3O4. The summed E-state index contributed by atoms with van der Waals surface area (Å²) in [5.41, 5.74) is 7.78. The van der Waals surface area contributed by atoms with Crippen LogP contribution in [0.1, 0.15) is 31.5 Å². The fraction of sp³-hybridized carbons (Fsp3) is 0.409. The van der Waals surface area contributed by atoms with E-state index in [1.54, 1.807) is 12.1 Å². The SMILES string of the molecule is COC(=O)C(Cc1ccc(N)cn1)NC(CC(C)C)C(=O)OCc1ccccc1. The Morgan fingerprint density at radius 3 is 2.38 bits per heavy atom. The summed E-state index contributed by atoms with van der Waals surface area (Å²) in [6.45, 7) is 4.19. The van der Waals surface area contributed by atoms with Gasteiger partial charge in [0.15, 0.2) is 0 Å². The van der Waals surface area contributed by atoms with Crippen LogP contribution in [0.5, 0.6) is 0 Å². The summed E-state index contributed by atoms with van der Waals surface area (Å²) in [5.74, 6) is -0.639. The highest BCUT2D eigenvalue weighted by molar-refractivity contribution is 5.79. The van der Waals surface area contributed by atoms with Crippen LogP contribution < -0.4 is 11.1 Å². The summed E-state index contributed by atoms with van der Waals surface area (Å²) < 4.78 is 10.4. The first-order chi connectivity index (χ1) is 13.9. The van der Waals surface area contributed by atoms with E-state index in [4.69, 9.17) is 15.2 Å². The number of hydrogen-bond acceptors (Lipinski definition) is 7. The number of nitrogens with one attached hydrogen (secondary N) is 1. The van der Waals surface area contributed by atoms with E-state index in [2.05, 4.69) is 10.3 Å². The molecule has 2 atom stereocenters. The molecule has 7 heteroatoms. The van der Waals surface area contributed by atoms with Gasteiger partial charge < -0.3 is 15.2 Å². The molecule has 156 valence electrons. The van der Waals surface area contributed by atoms with Crippen LogP contribution in [0.15, 0.2) is 48.7 Å². The highest BCUT2D eigenvalue weighted by atomic mass is 16.5. The first kappa shape index (κ1) is 22.4. The second-order valence-electron chi connectivity index (χ2n) is 7.30. The number of benzene rings is 1. The third-order valence-corrected chi connectivity index (χ3v) is 4.36. The zero-order valence-corrected chi connectivity index (χ0v) is 17.1. The molecule has 0 radical (unpaired) electrons. The van der Waals surface area contributed by atoms with Crippen molar-refractivity contribution >= 4 is 17.6 Å². The van der Waals surface area contributed by atoms with Crippen molar-refractivity contribution in [3.63, 3.8) is 0 Å². The zero-order chi connectivity index (χ0) is 21.2. The van der Waals surface area contributed by atoms with Gasteiger partial charge in [-0.3, -0.25) is 19.9 Å². The number of aromatic nitrogens is 1. The number of rotatable bonds is 10. The van der Waals surface area contributed by atoms with Crippen LogP contribution in [0.2, 0.25) is 0 Å². The van der Waals surface area contributed by atoms with Crippen molar-refractivity contribution in [1.29, 1.82) is 0 Å². The summed E-state index contributed by atoms with van der Waals surface area (Å²) in [5, 5.41) is 3.11. The number of anilines is 1. The van der Waals surface area contributed by atoms with Gasteiger partial charge in [-0.2, -0.15) is 0 Å². The molecule has 2 aromatic rings. The largest absolute Gasteiger partial charge is 0.468 e. The molecule has 1 heterocycles. The van der Waals surface area contributed by atoms with E-state index in [1.165, 1.54) is 13.3 Å². The summed E-state index contributed by atoms with van der Waals surface area (Å²) in [6, 6.07) is 11.6. The van der Waals surface area contributed by atoms with Crippen LogP contribution in [-0.2, 0) is 32.1 Å². The van der Waals surface area contributed by atoms with Gasteiger partial charge in [-0.25, -0.2) is 0 Å². The molecule has 0 amide bonds. The Morgan fingerprint density at radius 2 is 1.79 bits per heavy atom. The molecule has 3 N–H and O–H groups in total. The van der Waals surface area contributed by atoms with Crippen molar-refractivity contribution in [2.24, 2.45) is 5.92 Å². The lowest BCUT2D eigenvalue weighted by Gasteiger charge is -2.24. The smallest absolute Gasteiger partial charge is 0.323 e. The van der Waals surface area contributed by atoms with Crippen molar-refractivity contribution in [3.8, 4) is 0 Å². The molecule has 1 aromatic carbocycles. The van der Waals surface area contributed by atoms with Crippen LogP contribution in [0.4, 0.5) is 5.69 Å². The van der Waals surface area contributed by atoms with Gasteiger partial charge in [-0.15, -0.1) is 0 Å². The number of esters is 2. The normalized spacial score (nSPS) is 13.0. The lowest BCUT2D eigenvalue weighted by Crippen LogP contribution is -2.49. The minimum absolute atomic E-state index is 0.179. The lowest BCUT2D eigenvalue weighted by atomic mass is 10.0. The van der Waals surface area contributed by atoms with E-state index in [-0.39, 0.29) is 18.9 Å². The van der Waals surface area contributed by atoms with Gasteiger partial charge in [-0.1, -0.05) is 44.2 Å². The Bertz CT molecular complexity index is 778. The Kier molecular flexibility index (Phi) is 8.61. The minimum atomic E-state index is -0.732. The molecule has 7 nitrogen and oxygen atoms in total. The van der Waals surface area contributed by atoms with Crippen molar-refractivity contribution in [2.45, 2.75) is 45.4 Å². The lowest BCUT2D eigenvalue weighted by molar-refractivity contribution is -0.149. The van der Waals surface area contributed by atoms with Gasteiger partial charge in [0.1, 0.15) is 18.7 Å². The second-order valence-corrected chi connectivity index (χ2v) is 7.30. The average molecular weight is 399 g/mol. The molecule has 0 bridgehead atoms. The summed E-state index contributed by atoms with van der Waals surface area (Å²) in [7, 11) is 1.32. The molecule has 0 aliphatic carbocycles. The van der Waals surface area contributed by atoms with Gasteiger partial charge in [0.05, 0.1) is 19.0 Å². The molecule has 2 rings (SSSR count). The van der Waals surface area contributed by atoms with Gasteiger partial charge in [0, 0.05) is 12.1 Å². The number of pyridine rings is 1. The number of methoxy groups -OCH3 is 1. The quantitative estimate of drug-likeness (QED) is 0.592. The van der Waals surface area contributed by atoms with Crippen molar-refractivity contribution < 1.29 is 19.1 Å². The summed E-state index contributed by atoms with van der Waals surface area (Å²) >= 11 is 0. The van der Waals surface area contributed by atoms with E-state index in [0.29, 0.717) is 17.8 Å². The van der Waals surface area contributed by atoms with Crippen LogP contribution in [0.3, 0.4) is 0 Å². The molecule has 2 unspecified atom stereocenters. The maximum atomic E-state index is 12.7. The van der Waals surface area contributed by atoms with Crippen LogP contribution in [0, 0.1) is 5.92 Å². The van der Waals surface area contributed by atoms with Gasteiger partial charge in [0.2, 0.25) is 0 Å². The number of nitrogens with zero attached hydrogens (tertiary/aromatic N) is 1. The zero-order valence-electron chi connectivity index (χ0n) is 17.1.